The number of nitrogens with two attached hydrogens (primary N) is 2. The van der Waals surface area contributed by atoms with Crippen molar-refractivity contribution in [1.82, 2.24) is 4.57 Å². The van der Waals surface area contributed by atoms with E-state index in [-0.39, 0.29) is 0 Å². The van der Waals surface area contributed by atoms with Crippen molar-refractivity contribution in [3.63, 3.8) is 0 Å². The van der Waals surface area contributed by atoms with E-state index in [9.17, 15) is 0 Å². The van der Waals surface area contributed by atoms with Gasteiger partial charge < -0.3 is 16.0 Å². The van der Waals surface area contributed by atoms with Gasteiger partial charge in [-0.05, 0) is 169 Å². The van der Waals surface area contributed by atoms with Crippen LogP contribution in [0, 0.1) is 0 Å². The lowest BCUT2D eigenvalue weighted by molar-refractivity contribution is 1.19. The Balaban J connectivity index is 1.12. The molecule has 346 valence electrons. The zero-order chi connectivity index (χ0) is 49.1. The summed E-state index contributed by atoms with van der Waals surface area (Å²) in [5.41, 5.74) is 28.1. The van der Waals surface area contributed by atoms with Crippen molar-refractivity contribution in [3.8, 4) is 39.1 Å². The Morgan fingerprint density at radius 3 is 1.90 bits per heavy atom. The number of allylic oxidation sites excluding steroid dienone is 9. The largest absolute Gasteiger partial charge is 0.405 e. The van der Waals surface area contributed by atoms with Gasteiger partial charge in [-0.1, -0.05) is 195 Å². The summed E-state index contributed by atoms with van der Waals surface area (Å²) in [4.78, 5) is 0. The molecule has 0 aliphatic heterocycles. The molecule has 0 aliphatic rings. The molecule has 0 radical (unpaired) electrons. The molecule has 0 saturated heterocycles. The first kappa shape index (κ1) is 45.3. The van der Waals surface area contributed by atoms with E-state index in [1.807, 2.05) is 49.4 Å². The summed E-state index contributed by atoms with van der Waals surface area (Å²) in [6.45, 7) is 8.48. The van der Waals surface area contributed by atoms with Crippen LogP contribution in [0.15, 0.2) is 237 Å². The average molecular weight is 926 g/mol. The molecule has 0 aliphatic carbocycles. The molecule has 0 spiro atoms. The summed E-state index contributed by atoms with van der Waals surface area (Å²) >= 11 is 0. The molecule has 0 saturated carbocycles. The average Bonchev–Trinajstić information content (AvgIpc) is 3.76. The maximum Gasteiger partial charge on any atom is 0.0619 e. The molecule has 1 heterocycles. The van der Waals surface area contributed by atoms with Crippen LogP contribution in [0.4, 0.5) is 5.69 Å². The zero-order valence-electron chi connectivity index (χ0n) is 40.7. The van der Waals surface area contributed by atoms with Crippen molar-refractivity contribution >= 4 is 88.8 Å². The first-order valence-electron chi connectivity index (χ1n) is 24.7. The Bertz CT molecular complexity index is 4110. The third-order valence-electron chi connectivity index (χ3n) is 14.1. The van der Waals surface area contributed by atoms with Gasteiger partial charge in [-0.3, -0.25) is 0 Å². The fourth-order valence-corrected chi connectivity index (χ4v) is 10.9. The summed E-state index contributed by atoms with van der Waals surface area (Å²) < 4.78 is 2.47. The molecule has 11 rings (SSSR count). The van der Waals surface area contributed by atoms with Crippen LogP contribution in [0.3, 0.4) is 0 Å². The Labute approximate surface area is 421 Å². The number of rotatable bonds is 12. The smallest absolute Gasteiger partial charge is 0.0619 e. The second-order valence-electron chi connectivity index (χ2n) is 18.2. The lowest BCUT2D eigenvalue weighted by Crippen LogP contribution is -1.96. The molecular weight excluding hydrogens is 871 g/mol. The van der Waals surface area contributed by atoms with Crippen molar-refractivity contribution in [2.24, 2.45) is 5.73 Å². The minimum absolute atomic E-state index is 0.749. The van der Waals surface area contributed by atoms with E-state index in [1.165, 1.54) is 76.1 Å². The summed E-state index contributed by atoms with van der Waals surface area (Å²) in [6, 6.07) is 62.3. The van der Waals surface area contributed by atoms with Crippen molar-refractivity contribution in [2.45, 2.75) is 20.3 Å². The quantitative estimate of drug-likeness (QED) is 0.0729. The Morgan fingerprint density at radius 2 is 1.14 bits per heavy atom. The van der Waals surface area contributed by atoms with E-state index in [1.54, 1.807) is 6.20 Å². The molecule has 0 atom stereocenters. The number of hydrogen-bond acceptors (Lipinski definition) is 2. The second kappa shape index (κ2) is 19.7. The van der Waals surface area contributed by atoms with Crippen LogP contribution < -0.4 is 11.5 Å². The third kappa shape index (κ3) is 8.01. The van der Waals surface area contributed by atoms with Gasteiger partial charge in [0.1, 0.15) is 0 Å². The van der Waals surface area contributed by atoms with Gasteiger partial charge in [0.15, 0.2) is 0 Å². The first-order valence-corrected chi connectivity index (χ1v) is 24.7. The van der Waals surface area contributed by atoms with Crippen LogP contribution >= 0.6 is 0 Å². The van der Waals surface area contributed by atoms with Crippen LogP contribution in [0.2, 0.25) is 0 Å². The van der Waals surface area contributed by atoms with Crippen LogP contribution in [0.5, 0.6) is 0 Å². The van der Waals surface area contributed by atoms with Crippen LogP contribution in [0.1, 0.15) is 36.1 Å². The zero-order valence-corrected chi connectivity index (χ0v) is 40.7. The van der Waals surface area contributed by atoms with Crippen LogP contribution in [-0.2, 0) is 6.42 Å². The number of para-hydroxylation sites is 2. The first-order chi connectivity index (χ1) is 35.5. The minimum atomic E-state index is 0.749. The number of hydrogen-bond donors (Lipinski definition) is 2. The topological polar surface area (TPSA) is 57.0 Å². The van der Waals surface area contributed by atoms with Gasteiger partial charge in [-0.15, -0.1) is 0 Å². The SMILES string of the molecule is C=Cc1c(/C=C\C)c(C/C=C\C=C/N)cc2c1cc(-c1ccc3c4ccc5cc(-c6cc(-c7ccccc7N)c(/C=C/C=C/C=C\C)c7ccccc67)ccc5c4n(-c4ccccc4)c3c1)c1ccccc12. The van der Waals surface area contributed by atoms with Crippen molar-refractivity contribution in [1.29, 1.82) is 0 Å². The molecule has 1 aromatic heterocycles. The van der Waals surface area contributed by atoms with E-state index in [2.05, 4.69) is 218 Å². The highest BCUT2D eigenvalue weighted by Crippen LogP contribution is 2.45. The highest BCUT2D eigenvalue weighted by Gasteiger charge is 2.21. The molecule has 11 aromatic rings. The highest BCUT2D eigenvalue weighted by atomic mass is 15.0. The Morgan fingerprint density at radius 1 is 0.458 bits per heavy atom. The number of nitrogens with zero attached hydrogens (tertiary/aromatic N) is 1. The third-order valence-corrected chi connectivity index (χ3v) is 14.1. The van der Waals surface area contributed by atoms with Crippen molar-refractivity contribution < 1.29 is 0 Å². The maximum absolute atomic E-state index is 6.75. The number of nitrogen functional groups attached to an aromatic ring is 1. The number of aromatic nitrogens is 1. The van der Waals surface area contributed by atoms with E-state index < -0.39 is 0 Å². The fraction of sp³-hybridized carbons (Fsp3) is 0.0435. The van der Waals surface area contributed by atoms with Crippen molar-refractivity contribution in [2.75, 3.05) is 5.73 Å². The monoisotopic (exact) mass is 925 g/mol. The molecule has 0 amide bonds. The van der Waals surface area contributed by atoms with Gasteiger partial charge in [0.25, 0.3) is 0 Å². The molecule has 72 heavy (non-hydrogen) atoms. The predicted molar refractivity (Wildman–Crippen MR) is 315 cm³/mol. The van der Waals surface area contributed by atoms with Gasteiger partial charge in [0, 0.05) is 33.1 Å². The minimum Gasteiger partial charge on any atom is -0.405 e. The van der Waals surface area contributed by atoms with Crippen LogP contribution in [-0.4, -0.2) is 4.57 Å². The lowest BCUT2D eigenvalue weighted by Gasteiger charge is -2.18. The predicted octanol–water partition coefficient (Wildman–Crippen LogP) is 18.4. The van der Waals surface area contributed by atoms with Gasteiger partial charge in [0.2, 0.25) is 0 Å². The van der Waals surface area contributed by atoms with E-state index >= 15 is 0 Å². The summed E-state index contributed by atoms with van der Waals surface area (Å²) in [6.07, 6.45) is 27.3. The van der Waals surface area contributed by atoms with Gasteiger partial charge in [-0.25, -0.2) is 0 Å². The Kier molecular flexibility index (Phi) is 12.4. The van der Waals surface area contributed by atoms with E-state index in [4.69, 9.17) is 11.5 Å². The summed E-state index contributed by atoms with van der Waals surface area (Å²) in [5.74, 6) is 0. The molecular formula is C69H55N3. The van der Waals surface area contributed by atoms with Gasteiger partial charge >= 0.3 is 0 Å². The van der Waals surface area contributed by atoms with Crippen molar-refractivity contribution in [3.05, 3.63) is 260 Å². The van der Waals surface area contributed by atoms with Gasteiger partial charge in [0.05, 0.1) is 11.0 Å². The lowest BCUT2D eigenvalue weighted by atomic mass is 9.86. The van der Waals surface area contributed by atoms with Crippen LogP contribution in [0.25, 0.3) is 122 Å². The molecule has 3 heteroatoms. The summed E-state index contributed by atoms with van der Waals surface area (Å²) in [7, 11) is 0. The number of anilines is 1. The van der Waals surface area contributed by atoms with Gasteiger partial charge in [-0.2, -0.15) is 0 Å². The van der Waals surface area contributed by atoms with E-state index in [0.29, 0.717) is 0 Å². The standard InChI is InChI=1S/C69H55N3/c1-4-7-8-9-15-27-57-54-28-16-17-29-55(54)62(45-66(57)59-32-20-21-33-67(59)71)48-34-37-53-47(41-48)36-39-61-60-38-35-49(43-68(60)72(69(53)61)50-25-13-10-14-26-50)63-44-65-51(6-3)52(23-5-2)46(24-12-11-22-40-70)42-64(65)58-31-19-18-30-56(58)63/h4-23,25-45H,3,24,70-71H2,1-2H3/b7-4-,9-8+,12-11-,23-5-,27-15+,40-22-. The summed E-state index contributed by atoms with van der Waals surface area (Å²) in [5, 5.41) is 12.0. The van der Waals surface area contributed by atoms with E-state index in [0.717, 1.165) is 62.3 Å². The molecule has 3 nitrogen and oxygen atoms in total. The molecule has 0 unspecified atom stereocenters. The number of benzene rings is 10. The number of fused-ring (bicyclic) bond motifs is 9. The molecule has 4 N–H and O–H groups in total. The molecule has 0 fully saturated rings. The normalized spacial score (nSPS) is 12.5. The highest BCUT2D eigenvalue weighted by molar-refractivity contribution is 6.21. The fourth-order valence-electron chi connectivity index (χ4n) is 10.9. The molecule has 0 bridgehead atoms. The second-order valence-corrected chi connectivity index (χ2v) is 18.2. The molecule has 10 aromatic carbocycles. The Hall–Kier alpha value is -9.18. The maximum atomic E-state index is 6.75.